The van der Waals surface area contributed by atoms with Crippen LogP contribution in [0.3, 0.4) is 0 Å². The molecule has 3 nitrogen and oxygen atoms in total. The zero-order chi connectivity index (χ0) is 13.2. The molecular formula is C13H19ClN2OSi. The van der Waals surface area contributed by atoms with E-state index in [1.54, 1.807) is 0 Å². The molecule has 0 saturated heterocycles. The van der Waals surface area contributed by atoms with Gasteiger partial charge in [0.15, 0.2) is 0 Å². The normalized spacial score (nSPS) is 12.2. The maximum Gasteiger partial charge on any atom is 0.140 e. The maximum atomic E-state index is 6.18. The lowest BCUT2D eigenvalue weighted by atomic mass is 10.2. The number of rotatable bonds is 5. The zero-order valence-corrected chi connectivity index (χ0v) is 12.9. The molecule has 0 aliphatic carbocycles. The van der Waals surface area contributed by atoms with E-state index >= 15 is 0 Å². The largest absolute Gasteiger partial charge is 0.360 e. The summed E-state index contributed by atoms with van der Waals surface area (Å²) in [4.78, 5) is 0. The van der Waals surface area contributed by atoms with Crippen molar-refractivity contribution in [3.8, 4) is 0 Å². The summed E-state index contributed by atoms with van der Waals surface area (Å²) in [5, 5.41) is 6.08. The van der Waals surface area contributed by atoms with Gasteiger partial charge in [0.25, 0.3) is 0 Å². The first-order valence-electron chi connectivity index (χ1n) is 6.15. The number of aromatic nitrogens is 2. The zero-order valence-electron chi connectivity index (χ0n) is 11.1. The van der Waals surface area contributed by atoms with Gasteiger partial charge in [-0.2, -0.15) is 5.10 Å². The van der Waals surface area contributed by atoms with Gasteiger partial charge < -0.3 is 4.74 Å². The third kappa shape index (κ3) is 3.34. The molecule has 0 N–H and O–H groups in total. The van der Waals surface area contributed by atoms with Gasteiger partial charge in [-0.3, -0.25) is 0 Å². The van der Waals surface area contributed by atoms with Crippen molar-refractivity contribution in [3.05, 3.63) is 29.4 Å². The second-order valence-electron chi connectivity index (χ2n) is 5.67. The van der Waals surface area contributed by atoms with E-state index in [0.29, 0.717) is 6.73 Å². The molecule has 0 amide bonds. The number of para-hydroxylation sites is 1. The SMILES string of the molecule is C[Si](C)(C)CCOCn1ncc2cccc(Cl)c21. The highest BCUT2D eigenvalue weighted by Crippen LogP contribution is 2.22. The van der Waals surface area contributed by atoms with Crippen LogP contribution in [0, 0.1) is 0 Å². The number of ether oxygens (including phenoxy) is 1. The molecule has 0 spiro atoms. The standard InChI is InChI=1S/C13H19ClN2OSi/c1-18(2,3)8-7-17-10-16-13-11(9-15-16)5-4-6-12(13)14/h4-6,9H,7-8,10H2,1-3H3. The van der Waals surface area contributed by atoms with Gasteiger partial charge in [0.05, 0.1) is 16.7 Å². The Morgan fingerprint density at radius 3 is 2.83 bits per heavy atom. The van der Waals surface area contributed by atoms with Crippen molar-refractivity contribution in [2.24, 2.45) is 0 Å². The van der Waals surface area contributed by atoms with Gasteiger partial charge in [-0.1, -0.05) is 43.4 Å². The fourth-order valence-electron chi connectivity index (χ4n) is 1.73. The lowest BCUT2D eigenvalue weighted by molar-refractivity contribution is 0.0817. The van der Waals surface area contributed by atoms with Gasteiger partial charge in [0.1, 0.15) is 6.73 Å². The Kier molecular flexibility index (Phi) is 4.09. The number of halogens is 1. The summed E-state index contributed by atoms with van der Waals surface area (Å²) >= 11 is 6.18. The molecule has 5 heteroatoms. The quantitative estimate of drug-likeness (QED) is 0.612. The van der Waals surface area contributed by atoms with E-state index in [9.17, 15) is 0 Å². The van der Waals surface area contributed by atoms with Crippen LogP contribution in [0.15, 0.2) is 24.4 Å². The predicted octanol–water partition coefficient (Wildman–Crippen LogP) is 4.00. The molecule has 0 bridgehead atoms. The van der Waals surface area contributed by atoms with E-state index in [2.05, 4.69) is 24.7 Å². The van der Waals surface area contributed by atoms with Gasteiger partial charge in [0, 0.05) is 20.1 Å². The van der Waals surface area contributed by atoms with Crippen LogP contribution < -0.4 is 0 Å². The molecule has 0 atom stereocenters. The van der Waals surface area contributed by atoms with Gasteiger partial charge in [-0.05, 0) is 12.1 Å². The second-order valence-corrected chi connectivity index (χ2v) is 11.7. The maximum absolute atomic E-state index is 6.18. The summed E-state index contributed by atoms with van der Waals surface area (Å²) in [6.45, 7) is 8.29. The molecule has 0 saturated carbocycles. The van der Waals surface area contributed by atoms with Crippen LogP contribution in [0.25, 0.3) is 10.9 Å². The minimum absolute atomic E-state index is 0.470. The summed E-state index contributed by atoms with van der Waals surface area (Å²) in [5.41, 5.74) is 0.951. The number of fused-ring (bicyclic) bond motifs is 1. The van der Waals surface area contributed by atoms with Crippen molar-refractivity contribution in [2.45, 2.75) is 32.4 Å². The summed E-state index contributed by atoms with van der Waals surface area (Å²) < 4.78 is 7.52. The van der Waals surface area contributed by atoms with Crippen LogP contribution in [0.4, 0.5) is 0 Å². The first kappa shape index (κ1) is 13.6. The van der Waals surface area contributed by atoms with Crippen LogP contribution in [-0.2, 0) is 11.5 Å². The Bertz CT molecular complexity index is 533. The van der Waals surface area contributed by atoms with Crippen LogP contribution in [0.2, 0.25) is 30.7 Å². The van der Waals surface area contributed by atoms with Crippen molar-refractivity contribution in [2.75, 3.05) is 6.61 Å². The van der Waals surface area contributed by atoms with E-state index < -0.39 is 8.07 Å². The van der Waals surface area contributed by atoms with Gasteiger partial charge in [-0.15, -0.1) is 0 Å². The highest BCUT2D eigenvalue weighted by atomic mass is 35.5. The third-order valence-corrected chi connectivity index (χ3v) is 4.83. The number of benzene rings is 1. The Morgan fingerprint density at radius 1 is 1.33 bits per heavy atom. The van der Waals surface area contributed by atoms with Gasteiger partial charge in [0.2, 0.25) is 0 Å². The summed E-state index contributed by atoms with van der Waals surface area (Å²) in [6, 6.07) is 6.99. The Morgan fingerprint density at radius 2 is 2.11 bits per heavy atom. The lowest BCUT2D eigenvalue weighted by Crippen LogP contribution is -2.22. The van der Waals surface area contributed by atoms with E-state index in [-0.39, 0.29) is 0 Å². The van der Waals surface area contributed by atoms with E-state index in [1.807, 2.05) is 29.1 Å². The Balaban J connectivity index is 2.00. The molecule has 18 heavy (non-hydrogen) atoms. The average Bonchev–Trinajstić information content (AvgIpc) is 2.68. The molecule has 0 radical (unpaired) electrons. The molecule has 0 aliphatic rings. The summed E-state index contributed by atoms with van der Waals surface area (Å²) in [6.07, 6.45) is 1.82. The van der Waals surface area contributed by atoms with Crippen LogP contribution in [-0.4, -0.2) is 24.5 Å². The van der Waals surface area contributed by atoms with Crippen LogP contribution >= 0.6 is 11.6 Å². The highest BCUT2D eigenvalue weighted by Gasteiger charge is 2.12. The number of hydrogen-bond donors (Lipinski definition) is 0. The fraction of sp³-hybridized carbons (Fsp3) is 0.462. The van der Waals surface area contributed by atoms with E-state index in [4.69, 9.17) is 16.3 Å². The first-order chi connectivity index (χ1) is 8.47. The Hall–Kier alpha value is -0.843. The molecule has 1 aromatic heterocycles. The molecule has 0 fully saturated rings. The van der Waals surface area contributed by atoms with Crippen molar-refractivity contribution in [1.29, 1.82) is 0 Å². The molecule has 2 rings (SSSR count). The Labute approximate surface area is 114 Å². The minimum Gasteiger partial charge on any atom is -0.360 e. The molecule has 0 aliphatic heterocycles. The minimum atomic E-state index is -1.02. The number of hydrogen-bond acceptors (Lipinski definition) is 2. The van der Waals surface area contributed by atoms with Crippen LogP contribution in [0.1, 0.15) is 0 Å². The topological polar surface area (TPSA) is 27.1 Å². The van der Waals surface area contributed by atoms with Crippen molar-refractivity contribution in [1.82, 2.24) is 9.78 Å². The van der Waals surface area contributed by atoms with Crippen molar-refractivity contribution in [3.63, 3.8) is 0 Å². The van der Waals surface area contributed by atoms with Crippen molar-refractivity contribution < 1.29 is 4.74 Å². The fourth-order valence-corrected chi connectivity index (χ4v) is 2.76. The first-order valence-corrected chi connectivity index (χ1v) is 10.2. The highest BCUT2D eigenvalue weighted by molar-refractivity contribution is 6.76. The molecule has 98 valence electrons. The monoisotopic (exact) mass is 282 g/mol. The third-order valence-electron chi connectivity index (χ3n) is 2.82. The summed E-state index contributed by atoms with van der Waals surface area (Å²) in [7, 11) is -1.02. The van der Waals surface area contributed by atoms with E-state index in [1.165, 1.54) is 6.04 Å². The molecular weight excluding hydrogens is 264 g/mol. The average molecular weight is 283 g/mol. The summed E-state index contributed by atoms with van der Waals surface area (Å²) in [5.74, 6) is 0. The van der Waals surface area contributed by atoms with Gasteiger partial charge in [-0.25, -0.2) is 4.68 Å². The van der Waals surface area contributed by atoms with Crippen LogP contribution in [0.5, 0.6) is 0 Å². The molecule has 1 heterocycles. The predicted molar refractivity (Wildman–Crippen MR) is 78.8 cm³/mol. The number of nitrogens with zero attached hydrogens (tertiary/aromatic N) is 2. The molecule has 2 aromatic rings. The molecule has 1 aromatic carbocycles. The second kappa shape index (κ2) is 5.43. The van der Waals surface area contributed by atoms with E-state index in [0.717, 1.165) is 22.5 Å². The van der Waals surface area contributed by atoms with Crippen molar-refractivity contribution >= 4 is 30.6 Å². The van der Waals surface area contributed by atoms with Gasteiger partial charge >= 0.3 is 0 Å². The lowest BCUT2D eigenvalue weighted by Gasteiger charge is -2.15. The molecule has 0 unspecified atom stereocenters. The smallest absolute Gasteiger partial charge is 0.140 e.